The van der Waals surface area contributed by atoms with Crippen LogP contribution in [0.1, 0.15) is 18.4 Å². The van der Waals surface area contributed by atoms with Crippen LogP contribution in [0.15, 0.2) is 60.8 Å². The molecule has 128 valence electrons. The number of fused-ring (bicyclic) bond motifs is 1. The molecule has 4 heteroatoms. The minimum Gasteiger partial charge on any atom is -0.395 e. The van der Waals surface area contributed by atoms with Gasteiger partial charge < -0.3 is 10.0 Å². The highest BCUT2D eigenvalue weighted by atomic mass is 19.1. The van der Waals surface area contributed by atoms with Crippen molar-refractivity contribution in [3.8, 4) is 0 Å². The van der Waals surface area contributed by atoms with Crippen LogP contribution in [0.4, 0.5) is 10.1 Å². The lowest BCUT2D eigenvalue weighted by Gasteiger charge is -2.42. The molecule has 25 heavy (non-hydrogen) atoms. The number of piperidine rings is 1. The molecule has 3 nitrogen and oxygen atoms in total. The third-order valence-corrected chi connectivity index (χ3v) is 5.43. The first-order valence-electron chi connectivity index (χ1n) is 8.67. The van der Waals surface area contributed by atoms with Gasteiger partial charge in [0, 0.05) is 35.8 Å². The first-order chi connectivity index (χ1) is 12.2. The second kappa shape index (κ2) is 6.45. The number of anilines is 1. The zero-order chi connectivity index (χ0) is 17.3. The molecule has 0 aliphatic carbocycles. The van der Waals surface area contributed by atoms with Gasteiger partial charge >= 0.3 is 0 Å². The minimum absolute atomic E-state index is 0.149. The molecule has 1 saturated heterocycles. The highest BCUT2D eigenvalue weighted by molar-refractivity contribution is 5.91. The summed E-state index contributed by atoms with van der Waals surface area (Å²) in [6.07, 6.45) is 3.51. The Hall–Kier alpha value is -2.46. The average molecular weight is 336 g/mol. The van der Waals surface area contributed by atoms with E-state index in [1.165, 1.54) is 11.6 Å². The molecule has 1 aliphatic rings. The van der Waals surface area contributed by atoms with Crippen molar-refractivity contribution < 1.29 is 9.50 Å². The van der Waals surface area contributed by atoms with Crippen molar-refractivity contribution in [2.24, 2.45) is 0 Å². The number of halogens is 1. The highest BCUT2D eigenvalue weighted by Gasteiger charge is 2.36. The van der Waals surface area contributed by atoms with E-state index in [1.807, 2.05) is 24.3 Å². The third kappa shape index (κ3) is 2.87. The van der Waals surface area contributed by atoms with Gasteiger partial charge in [0.2, 0.25) is 0 Å². The van der Waals surface area contributed by atoms with Gasteiger partial charge in [-0.15, -0.1) is 0 Å². The maximum atomic E-state index is 13.7. The number of nitrogens with zero attached hydrogens (tertiary/aromatic N) is 2. The van der Waals surface area contributed by atoms with E-state index in [0.717, 1.165) is 42.5 Å². The Kier molecular flexibility index (Phi) is 4.14. The molecule has 2 aromatic carbocycles. The minimum atomic E-state index is -0.243. The molecule has 1 N–H and O–H groups in total. The van der Waals surface area contributed by atoms with Crippen molar-refractivity contribution in [3.63, 3.8) is 0 Å². The van der Waals surface area contributed by atoms with E-state index >= 15 is 0 Å². The van der Waals surface area contributed by atoms with Crippen LogP contribution in [0, 0.1) is 5.82 Å². The van der Waals surface area contributed by atoms with E-state index in [-0.39, 0.29) is 17.8 Å². The first-order valence-corrected chi connectivity index (χ1v) is 8.67. The smallest absolute Gasteiger partial charge is 0.124 e. The van der Waals surface area contributed by atoms with Crippen LogP contribution in [0.2, 0.25) is 0 Å². The molecule has 0 radical (unpaired) electrons. The number of aliphatic hydroxyl groups excluding tert-OH is 1. The molecule has 2 heterocycles. The number of benzene rings is 2. The average Bonchev–Trinajstić information content (AvgIpc) is 2.68. The van der Waals surface area contributed by atoms with Gasteiger partial charge in [-0.1, -0.05) is 30.3 Å². The largest absolute Gasteiger partial charge is 0.395 e. The van der Waals surface area contributed by atoms with E-state index < -0.39 is 0 Å². The number of aliphatic hydroxyl groups is 1. The molecule has 0 unspecified atom stereocenters. The molecule has 0 saturated carbocycles. The van der Waals surface area contributed by atoms with Crippen molar-refractivity contribution in [2.75, 3.05) is 24.6 Å². The third-order valence-electron chi connectivity index (χ3n) is 5.43. The molecular formula is C21H21FN2O. The van der Waals surface area contributed by atoms with Gasteiger partial charge in [0.25, 0.3) is 0 Å². The zero-order valence-corrected chi connectivity index (χ0v) is 14.0. The Morgan fingerprint density at radius 2 is 1.80 bits per heavy atom. The van der Waals surface area contributed by atoms with Crippen molar-refractivity contribution in [3.05, 3.63) is 72.2 Å². The first kappa shape index (κ1) is 16.0. The number of aromatic nitrogens is 1. The lowest BCUT2D eigenvalue weighted by atomic mass is 9.73. The van der Waals surface area contributed by atoms with Gasteiger partial charge in [0.15, 0.2) is 0 Å². The second-order valence-electron chi connectivity index (χ2n) is 6.78. The van der Waals surface area contributed by atoms with E-state index in [1.54, 1.807) is 18.3 Å². The number of hydrogen-bond donors (Lipinski definition) is 1. The molecule has 1 fully saturated rings. The fourth-order valence-electron chi connectivity index (χ4n) is 3.89. The quantitative estimate of drug-likeness (QED) is 0.788. The summed E-state index contributed by atoms with van der Waals surface area (Å²) in [4.78, 5) is 6.61. The van der Waals surface area contributed by atoms with Crippen LogP contribution in [0.5, 0.6) is 0 Å². The molecule has 4 rings (SSSR count). The molecule has 3 aromatic rings. The number of hydrogen-bond acceptors (Lipinski definition) is 3. The van der Waals surface area contributed by atoms with E-state index in [0.29, 0.717) is 0 Å². The summed E-state index contributed by atoms with van der Waals surface area (Å²) in [6, 6.07) is 16.9. The summed E-state index contributed by atoms with van der Waals surface area (Å²) in [5, 5.41) is 10.9. The molecule has 0 bridgehead atoms. The Morgan fingerprint density at radius 1 is 1.04 bits per heavy atom. The van der Waals surface area contributed by atoms with Gasteiger partial charge in [0.05, 0.1) is 12.1 Å². The van der Waals surface area contributed by atoms with Crippen LogP contribution in [-0.4, -0.2) is 29.8 Å². The van der Waals surface area contributed by atoms with Crippen LogP contribution in [0.25, 0.3) is 10.9 Å². The van der Waals surface area contributed by atoms with Crippen LogP contribution < -0.4 is 4.90 Å². The predicted octanol–water partition coefficient (Wildman–Crippen LogP) is 3.90. The summed E-state index contributed by atoms with van der Waals surface area (Å²) in [6.45, 7) is 1.80. The normalized spacial score (nSPS) is 17.0. The van der Waals surface area contributed by atoms with E-state index in [2.05, 4.69) is 22.0 Å². The van der Waals surface area contributed by atoms with Gasteiger partial charge in [-0.05, 0) is 42.7 Å². The Balaban J connectivity index is 1.63. The number of rotatable bonds is 3. The van der Waals surface area contributed by atoms with Crippen molar-refractivity contribution >= 4 is 16.6 Å². The fourth-order valence-corrected chi connectivity index (χ4v) is 3.89. The summed E-state index contributed by atoms with van der Waals surface area (Å²) < 4.78 is 13.7. The molecule has 0 amide bonds. The molecule has 0 atom stereocenters. The summed E-state index contributed by atoms with van der Waals surface area (Å²) in [5.41, 5.74) is 2.83. The second-order valence-corrected chi connectivity index (χ2v) is 6.78. The molecule has 0 spiro atoms. The van der Waals surface area contributed by atoms with Gasteiger partial charge in [0.1, 0.15) is 5.82 Å². The standard InChI is InChI=1S/C21H21FN2O/c22-17-6-7-19-18(14-17)20(8-11-23-19)24-12-9-21(15-25,10-13-24)16-4-2-1-3-5-16/h1-8,11,14,25H,9-10,12-13,15H2. The lowest BCUT2D eigenvalue weighted by molar-refractivity contribution is 0.165. The monoisotopic (exact) mass is 336 g/mol. The SMILES string of the molecule is OCC1(c2ccccc2)CCN(c2ccnc3ccc(F)cc23)CC1. The van der Waals surface area contributed by atoms with Gasteiger partial charge in [-0.25, -0.2) is 4.39 Å². The maximum absolute atomic E-state index is 13.7. The Labute approximate surface area is 146 Å². The summed E-state index contributed by atoms with van der Waals surface area (Å²) >= 11 is 0. The summed E-state index contributed by atoms with van der Waals surface area (Å²) in [7, 11) is 0. The van der Waals surface area contributed by atoms with Crippen molar-refractivity contribution in [1.82, 2.24) is 4.98 Å². The van der Waals surface area contributed by atoms with E-state index in [9.17, 15) is 9.50 Å². The van der Waals surface area contributed by atoms with Crippen LogP contribution in [-0.2, 0) is 5.41 Å². The maximum Gasteiger partial charge on any atom is 0.124 e. The van der Waals surface area contributed by atoms with Gasteiger partial charge in [-0.2, -0.15) is 0 Å². The highest BCUT2D eigenvalue weighted by Crippen LogP contribution is 2.38. The van der Waals surface area contributed by atoms with Crippen LogP contribution >= 0.6 is 0 Å². The number of pyridine rings is 1. The molecule has 1 aromatic heterocycles. The summed E-state index contributed by atoms with van der Waals surface area (Å²) in [5.74, 6) is -0.243. The van der Waals surface area contributed by atoms with Gasteiger partial charge in [-0.3, -0.25) is 4.98 Å². The Morgan fingerprint density at radius 3 is 2.52 bits per heavy atom. The Bertz CT molecular complexity index is 873. The molecule has 1 aliphatic heterocycles. The van der Waals surface area contributed by atoms with Crippen molar-refractivity contribution in [1.29, 1.82) is 0 Å². The fraction of sp³-hybridized carbons (Fsp3) is 0.286. The topological polar surface area (TPSA) is 36.4 Å². The van der Waals surface area contributed by atoms with Crippen LogP contribution in [0.3, 0.4) is 0 Å². The molecular weight excluding hydrogens is 315 g/mol. The predicted molar refractivity (Wildman–Crippen MR) is 98.4 cm³/mol. The lowest BCUT2D eigenvalue weighted by Crippen LogP contribution is -2.45. The zero-order valence-electron chi connectivity index (χ0n) is 14.0. The van der Waals surface area contributed by atoms with Crippen molar-refractivity contribution in [2.45, 2.75) is 18.3 Å². The van der Waals surface area contributed by atoms with E-state index in [4.69, 9.17) is 0 Å².